The number of anilines is 1. The van der Waals surface area contributed by atoms with Gasteiger partial charge in [-0.05, 0) is 36.8 Å². The number of nitrogens with one attached hydrogen (secondary N) is 1. The smallest absolute Gasteiger partial charge is 0.262 e. The fourth-order valence-electron chi connectivity index (χ4n) is 1.72. The Morgan fingerprint density at radius 3 is 2.76 bits per heavy atom. The van der Waals surface area contributed by atoms with Crippen LogP contribution in [-0.4, -0.2) is 18.8 Å². The molecule has 4 nitrogen and oxygen atoms in total. The van der Waals surface area contributed by atoms with Gasteiger partial charge in [0.05, 0.1) is 5.56 Å². The number of hydrogen-bond donors (Lipinski definition) is 1. The molecule has 0 spiro atoms. The molecule has 0 heterocycles. The van der Waals surface area contributed by atoms with Gasteiger partial charge in [-0.3, -0.25) is 9.59 Å². The molecule has 0 bridgehead atoms. The van der Waals surface area contributed by atoms with Gasteiger partial charge in [0.25, 0.3) is 5.91 Å². The minimum Gasteiger partial charge on any atom is -0.483 e. The van der Waals surface area contributed by atoms with Crippen LogP contribution in [0.15, 0.2) is 42.5 Å². The second kappa shape index (κ2) is 6.65. The highest BCUT2D eigenvalue weighted by Gasteiger charge is 2.07. The number of ether oxygens (including phenoxy) is 1. The molecular weight excluding hydrogens is 273 g/mol. The fraction of sp³-hybridized carbons (Fsp3) is 0.125. The summed E-state index contributed by atoms with van der Waals surface area (Å²) < 4.78 is 18.6. The third-order valence-electron chi connectivity index (χ3n) is 2.86. The fourth-order valence-corrected chi connectivity index (χ4v) is 1.72. The van der Waals surface area contributed by atoms with Crippen LogP contribution in [-0.2, 0) is 4.79 Å². The number of carbonyl (C=O) groups excluding carboxylic acids is 2. The number of benzene rings is 2. The first-order chi connectivity index (χ1) is 10.1. The Morgan fingerprint density at radius 1 is 1.29 bits per heavy atom. The summed E-state index contributed by atoms with van der Waals surface area (Å²) in [6.45, 7) is 1.38. The molecule has 0 radical (unpaired) electrons. The first kappa shape index (κ1) is 14.7. The Morgan fingerprint density at radius 2 is 2.05 bits per heavy atom. The van der Waals surface area contributed by atoms with Gasteiger partial charge in [0, 0.05) is 5.69 Å². The molecule has 0 fully saturated rings. The molecule has 0 atom stereocenters. The lowest BCUT2D eigenvalue weighted by Crippen LogP contribution is -2.20. The Kier molecular flexibility index (Phi) is 4.66. The van der Waals surface area contributed by atoms with E-state index >= 15 is 0 Å². The van der Waals surface area contributed by atoms with Gasteiger partial charge in [-0.2, -0.15) is 0 Å². The SMILES string of the molecule is Cc1ccc(NC(=O)COc2ccccc2C=O)cc1F. The molecule has 2 aromatic carbocycles. The van der Waals surface area contributed by atoms with Gasteiger partial charge >= 0.3 is 0 Å². The van der Waals surface area contributed by atoms with Crippen molar-refractivity contribution >= 4 is 17.9 Å². The standard InChI is InChI=1S/C16H14FNO3/c1-11-6-7-13(8-14(11)17)18-16(20)10-21-15-5-3-2-4-12(15)9-19/h2-9H,10H2,1H3,(H,18,20). The van der Waals surface area contributed by atoms with Crippen LogP contribution >= 0.6 is 0 Å². The molecule has 0 unspecified atom stereocenters. The molecular formula is C16H14FNO3. The summed E-state index contributed by atoms with van der Waals surface area (Å²) in [4.78, 5) is 22.5. The normalized spacial score (nSPS) is 10.0. The second-order valence-electron chi connectivity index (χ2n) is 4.46. The minimum absolute atomic E-state index is 0.264. The van der Waals surface area contributed by atoms with Crippen molar-refractivity contribution in [2.75, 3.05) is 11.9 Å². The van der Waals surface area contributed by atoms with Gasteiger partial charge in [0.1, 0.15) is 11.6 Å². The summed E-state index contributed by atoms with van der Waals surface area (Å²) in [5, 5.41) is 2.53. The predicted molar refractivity (Wildman–Crippen MR) is 77.1 cm³/mol. The zero-order valence-corrected chi connectivity index (χ0v) is 11.4. The molecule has 0 aliphatic carbocycles. The number of carbonyl (C=O) groups is 2. The summed E-state index contributed by atoms with van der Waals surface area (Å²) >= 11 is 0. The van der Waals surface area contributed by atoms with Crippen molar-refractivity contribution < 1.29 is 18.7 Å². The van der Waals surface area contributed by atoms with Crippen molar-refractivity contribution in [3.8, 4) is 5.75 Å². The maximum Gasteiger partial charge on any atom is 0.262 e. The number of amides is 1. The molecule has 21 heavy (non-hydrogen) atoms. The summed E-state index contributed by atoms with van der Waals surface area (Å²) in [6.07, 6.45) is 0.655. The molecule has 2 rings (SSSR count). The summed E-state index contributed by atoms with van der Waals surface area (Å²) in [5.74, 6) is -0.489. The van der Waals surface area contributed by atoms with E-state index in [9.17, 15) is 14.0 Å². The van der Waals surface area contributed by atoms with E-state index in [4.69, 9.17) is 4.74 Å². The third kappa shape index (κ3) is 3.89. The van der Waals surface area contributed by atoms with Crippen LogP contribution in [0.2, 0.25) is 0 Å². The Balaban J connectivity index is 1.96. The third-order valence-corrected chi connectivity index (χ3v) is 2.86. The average Bonchev–Trinajstić information content (AvgIpc) is 2.49. The van der Waals surface area contributed by atoms with Gasteiger partial charge in [0.2, 0.25) is 0 Å². The number of para-hydroxylation sites is 1. The molecule has 0 saturated heterocycles. The van der Waals surface area contributed by atoms with Crippen LogP contribution in [0, 0.1) is 12.7 Å². The van der Waals surface area contributed by atoms with E-state index in [1.165, 1.54) is 6.07 Å². The van der Waals surface area contributed by atoms with E-state index in [1.807, 2.05) is 0 Å². The zero-order valence-electron chi connectivity index (χ0n) is 11.4. The number of hydrogen-bond acceptors (Lipinski definition) is 3. The Bertz CT molecular complexity index is 670. The van der Waals surface area contributed by atoms with Crippen molar-refractivity contribution in [1.82, 2.24) is 0 Å². The maximum atomic E-state index is 13.4. The maximum absolute atomic E-state index is 13.4. The first-order valence-electron chi connectivity index (χ1n) is 6.33. The summed E-state index contributed by atoms with van der Waals surface area (Å²) in [6, 6.07) is 11.0. The lowest BCUT2D eigenvalue weighted by atomic mass is 10.2. The highest BCUT2D eigenvalue weighted by atomic mass is 19.1. The largest absolute Gasteiger partial charge is 0.483 e. The lowest BCUT2D eigenvalue weighted by Gasteiger charge is -2.09. The van der Waals surface area contributed by atoms with Crippen molar-refractivity contribution in [1.29, 1.82) is 0 Å². The van der Waals surface area contributed by atoms with Crippen molar-refractivity contribution in [3.63, 3.8) is 0 Å². The summed E-state index contributed by atoms with van der Waals surface area (Å²) in [7, 11) is 0. The van der Waals surface area contributed by atoms with Crippen LogP contribution < -0.4 is 10.1 Å². The van der Waals surface area contributed by atoms with E-state index in [2.05, 4.69) is 5.32 Å². The van der Waals surface area contributed by atoms with Gasteiger partial charge in [0.15, 0.2) is 12.9 Å². The molecule has 2 aromatic rings. The molecule has 5 heteroatoms. The van der Waals surface area contributed by atoms with Gasteiger partial charge in [-0.25, -0.2) is 4.39 Å². The van der Waals surface area contributed by atoms with Crippen molar-refractivity contribution in [2.24, 2.45) is 0 Å². The zero-order chi connectivity index (χ0) is 15.2. The Labute approximate surface area is 121 Å². The van der Waals surface area contributed by atoms with E-state index in [-0.39, 0.29) is 12.4 Å². The quantitative estimate of drug-likeness (QED) is 0.860. The predicted octanol–water partition coefficient (Wildman–Crippen LogP) is 2.96. The van der Waals surface area contributed by atoms with Crippen LogP contribution in [0.5, 0.6) is 5.75 Å². The second-order valence-corrected chi connectivity index (χ2v) is 4.46. The minimum atomic E-state index is -0.432. The Hall–Kier alpha value is -2.69. The van der Waals surface area contributed by atoms with Crippen LogP contribution in [0.1, 0.15) is 15.9 Å². The highest BCUT2D eigenvalue weighted by molar-refractivity contribution is 5.92. The highest BCUT2D eigenvalue weighted by Crippen LogP contribution is 2.16. The van der Waals surface area contributed by atoms with Gasteiger partial charge in [-0.1, -0.05) is 18.2 Å². The first-order valence-corrected chi connectivity index (χ1v) is 6.33. The molecule has 108 valence electrons. The van der Waals surface area contributed by atoms with Gasteiger partial charge in [-0.15, -0.1) is 0 Å². The molecule has 0 saturated carbocycles. The molecule has 0 aliphatic rings. The van der Waals surface area contributed by atoms with E-state index in [0.717, 1.165) is 0 Å². The number of rotatable bonds is 5. The molecule has 1 amide bonds. The number of halogens is 1. The van der Waals surface area contributed by atoms with Crippen LogP contribution in [0.4, 0.5) is 10.1 Å². The molecule has 0 aliphatic heterocycles. The van der Waals surface area contributed by atoms with Crippen molar-refractivity contribution in [3.05, 3.63) is 59.4 Å². The average molecular weight is 287 g/mol. The van der Waals surface area contributed by atoms with E-state index in [1.54, 1.807) is 43.3 Å². The van der Waals surface area contributed by atoms with Crippen molar-refractivity contribution in [2.45, 2.75) is 6.92 Å². The van der Waals surface area contributed by atoms with E-state index < -0.39 is 5.91 Å². The number of aryl methyl sites for hydroxylation is 1. The van der Waals surface area contributed by atoms with Gasteiger partial charge < -0.3 is 10.1 Å². The number of aldehydes is 1. The topological polar surface area (TPSA) is 55.4 Å². The lowest BCUT2D eigenvalue weighted by molar-refractivity contribution is -0.118. The molecule has 1 N–H and O–H groups in total. The monoisotopic (exact) mass is 287 g/mol. The molecule has 0 aromatic heterocycles. The van der Waals surface area contributed by atoms with Crippen LogP contribution in [0.3, 0.4) is 0 Å². The summed E-state index contributed by atoms with van der Waals surface area (Å²) in [5.41, 5.74) is 1.23. The van der Waals surface area contributed by atoms with E-state index in [0.29, 0.717) is 28.8 Å². The van der Waals surface area contributed by atoms with Crippen LogP contribution in [0.25, 0.3) is 0 Å².